The molecule has 0 bridgehead atoms. The molecule has 73 valence electrons. The van der Waals surface area contributed by atoms with Crippen LogP contribution < -0.4 is 0 Å². The van der Waals surface area contributed by atoms with Crippen molar-refractivity contribution in [1.29, 1.82) is 0 Å². The summed E-state index contributed by atoms with van der Waals surface area (Å²) in [6, 6.07) is 0. The molecule has 1 radical (unpaired) electrons. The van der Waals surface area contributed by atoms with Gasteiger partial charge in [0, 0.05) is 16.7 Å². The molecule has 0 saturated heterocycles. The van der Waals surface area contributed by atoms with Crippen LogP contribution in [0.4, 0.5) is 0 Å². The number of nitrogens with zero attached hydrogens (tertiary/aromatic N) is 4. The zero-order valence-electron chi connectivity index (χ0n) is 7.07. The largest absolute Gasteiger partial charge is 0.169 e. The minimum absolute atomic E-state index is 0.0408. The summed E-state index contributed by atoms with van der Waals surface area (Å²) in [7, 11) is 0. The molecule has 0 aliphatic heterocycles. The van der Waals surface area contributed by atoms with Crippen molar-refractivity contribution in [3.8, 4) is 0 Å². The lowest BCUT2D eigenvalue weighted by Crippen LogP contribution is -2.04. The highest BCUT2D eigenvalue weighted by Crippen LogP contribution is 2.33. The van der Waals surface area contributed by atoms with Crippen LogP contribution in [0.15, 0.2) is 10.8 Å². The molecule has 2 heterocycles. The molecular formula is C7H7N4S3. The van der Waals surface area contributed by atoms with Gasteiger partial charge in [-0.15, -0.1) is 10.2 Å². The van der Waals surface area contributed by atoms with Crippen LogP contribution in [0, 0.1) is 6.92 Å². The van der Waals surface area contributed by atoms with Crippen molar-refractivity contribution in [3.05, 3.63) is 29.1 Å². The average molecular weight is 243 g/mol. The summed E-state index contributed by atoms with van der Waals surface area (Å²) in [5.41, 5.74) is 1.69. The van der Waals surface area contributed by atoms with E-state index >= 15 is 0 Å². The Balaban J connectivity index is 2.16. The quantitative estimate of drug-likeness (QED) is 0.838. The number of aromatic nitrogens is 4. The summed E-state index contributed by atoms with van der Waals surface area (Å²) in [5.74, 6) is -0.0408. The predicted molar refractivity (Wildman–Crippen MR) is 59.6 cm³/mol. The molecule has 2 rings (SSSR count). The SMILES string of the molecule is [CH2]C(c1csnn1)C(S)c1csnn1. The third-order valence-electron chi connectivity index (χ3n) is 1.82. The Morgan fingerprint density at radius 1 is 1.14 bits per heavy atom. The highest BCUT2D eigenvalue weighted by Gasteiger charge is 2.21. The molecule has 0 amide bonds. The van der Waals surface area contributed by atoms with E-state index in [-0.39, 0.29) is 11.2 Å². The van der Waals surface area contributed by atoms with Gasteiger partial charge < -0.3 is 0 Å². The minimum atomic E-state index is -0.0716. The summed E-state index contributed by atoms with van der Waals surface area (Å²) >= 11 is 7.07. The van der Waals surface area contributed by atoms with Crippen LogP contribution in [-0.4, -0.2) is 19.2 Å². The molecule has 2 aromatic heterocycles. The summed E-state index contributed by atoms with van der Waals surface area (Å²) in [5, 5.41) is 11.6. The molecule has 2 unspecified atom stereocenters. The molecule has 2 aromatic rings. The molecule has 0 saturated carbocycles. The van der Waals surface area contributed by atoms with Crippen molar-refractivity contribution in [3.63, 3.8) is 0 Å². The summed E-state index contributed by atoms with van der Waals surface area (Å²) in [6.07, 6.45) is 0. The van der Waals surface area contributed by atoms with Crippen molar-refractivity contribution < 1.29 is 0 Å². The van der Waals surface area contributed by atoms with Crippen molar-refractivity contribution in [2.24, 2.45) is 0 Å². The topological polar surface area (TPSA) is 51.6 Å². The minimum Gasteiger partial charge on any atom is -0.169 e. The van der Waals surface area contributed by atoms with E-state index in [2.05, 4.69) is 38.7 Å². The Kier molecular flexibility index (Phi) is 3.09. The first kappa shape index (κ1) is 10.0. The highest BCUT2D eigenvalue weighted by atomic mass is 32.1. The molecule has 7 heteroatoms. The molecule has 0 fully saturated rings. The highest BCUT2D eigenvalue weighted by molar-refractivity contribution is 7.80. The second-order valence-corrected chi connectivity index (χ2v) is 4.49. The molecule has 0 aliphatic carbocycles. The average Bonchev–Trinajstić information content (AvgIpc) is 2.87. The zero-order valence-corrected chi connectivity index (χ0v) is 9.60. The lowest BCUT2D eigenvalue weighted by Gasteiger charge is -2.13. The van der Waals surface area contributed by atoms with Crippen LogP contribution >= 0.6 is 35.7 Å². The van der Waals surface area contributed by atoms with Gasteiger partial charge in [-0.1, -0.05) is 8.98 Å². The van der Waals surface area contributed by atoms with Crippen LogP contribution in [0.3, 0.4) is 0 Å². The van der Waals surface area contributed by atoms with Gasteiger partial charge in [0.05, 0.1) is 16.6 Å². The second kappa shape index (κ2) is 4.33. The van der Waals surface area contributed by atoms with E-state index in [9.17, 15) is 0 Å². The predicted octanol–water partition coefficient (Wildman–Crippen LogP) is 1.98. The second-order valence-electron chi connectivity index (χ2n) is 2.71. The fraction of sp³-hybridized carbons (Fsp3) is 0.286. The Bertz CT molecular complexity index is 333. The van der Waals surface area contributed by atoms with Gasteiger partial charge >= 0.3 is 0 Å². The van der Waals surface area contributed by atoms with Gasteiger partial charge in [0.15, 0.2) is 0 Å². The summed E-state index contributed by atoms with van der Waals surface area (Å²) in [4.78, 5) is 0. The molecule has 0 N–H and O–H groups in total. The van der Waals surface area contributed by atoms with Crippen LogP contribution in [0.2, 0.25) is 0 Å². The van der Waals surface area contributed by atoms with Gasteiger partial charge in [-0.25, -0.2) is 0 Å². The molecule has 14 heavy (non-hydrogen) atoms. The number of thiol groups is 1. The number of hydrogen-bond acceptors (Lipinski definition) is 7. The van der Waals surface area contributed by atoms with E-state index in [0.717, 1.165) is 11.4 Å². The summed E-state index contributed by atoms with van der Waals surface area (Å²) in [6.45, 7) is 4.00. The first-order chi connectivity index (χ1) is 6.79. The lowest BCUT2D eigenvalue weighted by atomic mass is 10.0. The molecule has 0 aromatic carbocycles. The van der Waals surface area contributed by atoms with Crippen LogP contribution in [0.1, 0.15) is 22.6 Å². The van der Waals surface area contributed by atoms with E-state index in [1.165, 1.54) is 23.1 Å². The molecule has 0 aliphatic rings. The first-order valence-electron chi connectivity index (χ1n) is 3.84. The van der Waals surface area contributed by atoms with E-state index < -0.39 is 0 Å². The number of hydrogen-bond donors (Lipinski definition) is 1. The fourth-order valence-corrected chi connectivity index (χ4v) is 2.39. The van der Waals surface area contributed by atoms with Gasteiger partial charge in [0.25, 0.3) is 0 Å². The third-order valence-corrected chi connectivity index (χ3v) is 3.49. The maximum Gasteiger partial charge on any atom is 0.0889 e. The van der Waals surface area contributed by atoms with Crippen LogP contribution in [-0.2, 0) is 0 Å². The van der Waals surface area contributed by atoms with Gasteiger partial charge in [-0.3, -0.25) is 0 Å². The Labute approximate surface area is 95.1 Å². The normalized spacial score (nSPS) is 15.3. The number of rotatable bonds is 3. The van der Waals surface area contributed by atoms with Crippen molar-refractivity contribution in [1.82, 2.24) is 19.2 Å². The maximum absolute atomic E-state index is 4.45. The molecule has 0 spiro atoms. The standard InChI is InChI=1S/C7H7N4S3/c1-4(5-2-13-10-8-5)7(12)6-3-14-11-9-6/h2-4,7,12H,1H2. The van der Waals surface area contributed by atoms with Gasteiger partial charge in [0.2, 0.25) is 0 Å². The van der Waals surface area contributed by atoms with E-state index in [1.807, 2.05) is 10.8 Å². The first-order valence-corrected chi connectivity index (χ1v) is 6.03. The van der Waals surface area contributed by atoms with Crippen molar-refractivity contribution in [2.45, 2.75) is 11.2 Å². The van der Waals surface area contributed by atoms with Gasteiger partial charge in [-0.05, 0) is 30.0 Å². The molecular weight excluding hydrogens is 236 g/mol. The monoisotopic (exact) mass is 243 g/mol. The lowest BCUT2D eigenvalue weighted by molar-refractivity contribution is 0.753. The Hall–Kier alpha value is -0.530. The summed E-state index contributed by atoms with van der Waals surface area (Å²) < 4.78 is 7.58. The van der Waals surface area contributed by atoms with Crippen molar-refractivity contribution in [2.75, 3.05) is 0 Å². The fourth-order valence-electron chi connectivity index (χ4n) is 1.00. The Morgan fingerprint density at radius 2 is 1.71 bits per heavy atom. The Morgan fingerprint density at radius 3 is 2.21 bits per heavy atom. The molecule has 2 atom stereocenters. The van der Waals surface area contributed by atoms with Crippen LogP contribution in [0.25, 0.3) is 0 Å². The molecule has 4 nitrogen and oxygen atoms in total. The van der Waals surface area contributed by atoms with Gasteiger partial charge in [-0.2, -0.15) is 12.6 Å². The smallest absolute Gasteiger partial charge is 0.0889 e. The van der Waals surface area contributed by atoms with E-state index in [1.54, 1.807) is 0 Å². The van der Waals surface area contributed by atoms with Gasteiger partial charge in [0.1, 0.15) is 0 Å². The maximum atomic E-state index is 4.45. The van der Waals surface area contributed by atoms with E-state index in [4.69, 9.17) is 0 Å². The van der Waals surface area contributed by atoms with Crippen LogP contribution in [0.5, 0.6) is 0 Å². The zero-order chi connectivity index (χ0) is 9.97. The third kappa shape index (κ3) is 1.94. The van der Waals surface area contributed by atoms with Crippen molar-refractivity contribution >= 4 is 35.7 Å². The van der Waals surface area contributed by atoms with E-state index in [0.29, 0.717) is 0 Å².